The third kappa shape index (κ3) is 4.23. The molecule has 0 aromatic heterocycles. The second-order valence-corrected chi connectivity index (χ2v) is 8.18. The molecule has 2 saturated carbocycles. The highest BCUT2D eigenvalue weighted by Gasteiger charge is 2.49. The number of hydrogen-bond acceptors (Lipinski definition) is 0. The molecule has 2 rings (SSSR count). The fourth-order valence-corrected chi connectivity index (χ4v) is 4.58. The predicted molar refractivity (Wildman–Crippen MR) is 89.6 cm³/mol. The summed E-state index contributed by atoms with van der Waals surface area (Å²) >= 11 is 0. The van der Waals surface area contributed by atoms with Crippen LogP contribution < -0.4 is 0 Å². The van der Waals surface area contributed by atoms with Crippen LogP contribution >= 0.6 is 0 Å². The van der Waals surface area contributed by atoms with Crippen molar-refractivity contribution in [1.82, 2.24) is 0 Å². The zero-order valence-corrected chi connectivity index (χ0v) is 14.0. The van der Waals surface area contributed by atoms with Crippen molar-refractivity contribution < 1.29 is 0 Å². The van der Waals surface area contributed by atoms with Crippen LogP contribution in [0.3, 0.4) is 0 Å². The van der Waals surface area contributed by atoms with Gasteiger partial charge >= 0.3 is 0 Å². The van der Waals surface area contributed by atoms with E-state index in [0.29, 0.717) is 10.8 Å². The molecule has 0 bridgehead atoms. The third-order valence-electron chi connectivity index (χ3n) is 5.81. The molecule has 0 saturated heterocycles. The van der Waals surface area contributed by atoms with Crippen LogP contribution in [0.5, 0.6) is 0 Å². The Morgan fingerprint density at radius 1 is 0.789 bits per heavy atom. The summed E-state index contributed by atoms with van der Waals surface area (Å²) < 4.78 is 0. The lowest BCUT2D eigenvalue weighted by atomic mass is 9.61. The largest absolute Gasteiger partial charge is 0.0776 e. The minimum atomic E-state index is 0. The van der Waals surface area contributed by atoms with Crippen molar-refractivity contribution in [3.8, 4) is 0 Å². The van der Waals surface area contributed by atoms with Gasteiger partial charge in [-0.15, -0.1) is 0 Å². The summed E-state index contributed by atoms with van der Waals surface area (Å²) in [6, 6.07) is 0. The van der Waals surface area contributed by atoms with Gasteiger partial charge in [-0.3, -0.25) is 0 Å². The molecule has 2 atom stereocenters. The van der Waals surface area contributed by atoms with Crippen LogP contribution in [0, 0.1) is 22.2 Å². The molecule has 0 heterocycles. The summed E-state index contributed by atoms with van der Waals surface area (Å²) in [5.41, 5.74) is 1.97. The van der Waals surface area contributed by atoms with Gasteiger partial charge < -0.3 is 0 Å². The monoisotopic (exact) mass is 268 g/mol. The summed E-state index contributed by atoms with van der Waals surface area (Å²) in [5, 5.41) is 0. The first-order chi connectivity index (χ1) is 8.27. The van der Waals surface area contributed by atoms with E-state index in [1.54, 1.807) is 0 Å². The average molecular weight is 269 g/mol. The zero-order chi connectivity index (χ0) is 14.0. The molecule has 0 heteroatoms. The first-order valence-corrected chi connectivity index (χ1v) is 8.27. The molecule has 2 fully saturated rings. The SMILES string of the molecule is C.CC.CC(C)C1(C)CCC2(CCCC(C)(C)C2)C1. The smallest absolute Gasteiger partial charge is 0.0287 e. The maximum atomic E-state index is 2.54. The van der Waals surface area contributed by atoms with Crippen LogP contribution in [0.2, 0.25) is 0 Å². The van der Waals surface area contributed by atoms with Crippen molar-refractivity contribution in [1.29, 1.82) is 0 Å². The fourth-order valence-electron chi connectivity index (χ4n) is 4.58. The van der Waals surface area contributed by atoms with E-state index in [9.17, 15) is 0 Å². The Bertz CT molecular complexity index is 263. The van der Waals surface area contributed by atoms with Crippen LogP contribution in [0.4, 0.5) is 0 Å². The Morgan fingerprint density at radius 3 is 1.79 bits per heavy atom. The van der Waals surface area contributed by atoms with Gasteiger partial charge in [0, 0.05) is 0 Å². The van der Waals surface area contributed by atoms with Gasteiger partial charge in [-0.25, -0.2) is 0 Å². The summed E-state index contributed by atoms with van der Waals surface area (Å²) in [7, 11) is 0. The normalized spacial score (nSPS) is 36.6. The van der Waals surface area contributed by atoms with Gasteiger partial charge in [0.2, 0.25) is 0 Å². The van der Waals surface area contributed by atoms with Crippen molar-refractivity contribution in [3.05, 3.63) is 0 Å². The van der Waals surface area contributed by atoms with E-state index < -0.39 is 0 Å². The first-order valence-electron chi connectivity index (χ1n) is 8.27. The summed E-state index contributed by atoms with van der Waals surface area (Å²) in [5.74, 6) is 0.858. The number of rotatable bonds is 1. The van der Waals surface area contributed by atoms with Gasteiger partial charge in [-0.1, -0.05) is 62.3 Å². The second kappa shape index (κ2) is 6.64. The van der Waals surface area contributed by atoms with E-state index in [4.69, 9.17) is 0 Å². The highest BCUT2D eigenvalue weighted by Crippen LogP contribution is 2.61. The highest BCUT2D eigenvalue weighted by atomic mass is 14.5. The van der Waals surface area contributed by atoms with Gasteiger partial charge in [0.25, 0.3) is 0 Å². The molecule has 0 radical (unpaired) electrons. The molecule has 2 aliphatic rings. The van der Waals surface area contributed by atoms with E-state index in [1.165, 1.54) is 44.9 Å². The lowest BCUT2D eigenvalue weighted by Crippen LogP contribution is -2.33. The molecule has 1 spiro atoms. The van der Waals surface area contributed by atoms with Crippen molar-refractivity contribution in [2.24, 2.45) is 22.2 Å². The molecule has 19 heavy (non-hydrogen) atoms. The van der Waals surface area contributed by atoms with Crippen molar-refractivity contribution in [3.63, 3.8) is 0 Å². The zero-order valence-electron chi connectivity index (χ0n) is 14.0. The lowest BCUT2D eigenvalue weighted by Gasteiger charge is -2.44. The molecule has 0 N–H and O–H groups in total. The van der Waals surface area contributed by atoms with Crippen molar-refractivity contribution >= 4 is 0 Å². The van der Waals surface area contributed by atoms with E-state index in [2.05, 4.69) is 34.6 Å². The quantitative estimate of drug-likeness (QED) is 0.476. The van der Waals surface area contributed by atoms with Crippen LogP contribution in [-0.4, -0.2) is 0 Å². The van der Waals surface area contributed by atoms with E-state index >= 15 is 0 Å². The topological polar surface area (TPSA) is 0 Å². The van der Waals surface area contributed by atoms with Crippen molar-refractivity contribution in [2.75, 3.05) is 0 Å². The third-order valence-corrected chi connectivity index (χ3v) is 5.81. The number of hydrogen-bond donors (Lipinski definition) is 0. The molecule has 0 amide bonds. The summed E-state index contributed by atoms with van der Waals surface area (Å²) in [4.78, 5) is 0. The van der Waals surface area contributed by atoms with E-state index in [0.717, 1.165) is 11.3 Å². The summed E-state index contributed by atoms with van der Waals surface area (Å²) in [6.07, 6.45) is 10.4. The Labute approximate surface area is 123 Å². The molecule has 2 unspecified atom stereocenters. The average Bonchev–Trinajstić information content (AvgIpc) is 2.58. The second-order valence-electron chi connectivity index (χ2n) is 8.18. The van der Waals surface area contributed by atoms with Crippen LogP contribution in [0.1, 0.15) is 101 Å². The van der Waals surface area contributed by atoms with Gasteiger partial charge in [0.15, 0.2) is 0 Å². The molecule has 0 aromatic carbocycles. The molecule has 0 nitrogen and oxygen atoms in total. The lowest BCUT2D eigenvalue weighted by molar-refractivity contribution is 0.0691. The predicted octanol–water partition coefficient (Wildman–Crippen LogP) is 7.08. The van der Waals surface area contributed by atoms with E-state index in [1.807, 2.05) is 13.8 Å². The Hall–Kier alpha value is 0. The minimum absolute atomic E-state index is 0. The standard InChI is InChI=1S/C16H30.C2H6.CH4/c1-13(2)15(5)9-10-16(12-15)8-6-7-14(3,4)11-16;1-2;/h13H,6-12H2,1-5H3;1-2H3;1H4. The Balaban J connectivity index is 0.00000103. The Kier molecular flexibility index (Phi) is 6.64. The molecule has 2 aliphatic carbocycles. The van der Waals surface area contributed by atoms with Gasteiger partial charge in [0.05, 0.1) is 0 Å². The van der Waals surface area contributed by atoms with Gasteiger partial charge in [0.1, 0.15) is 0 Å². The molecular formula is C19H40. The van der Waals surface area contributed by atoms with Crippen LogP contribution in [0.25, 0.3) is 0 Å². The maximum absolute atomic E-state index is 2.54. The maximum Gasteiger partial charge on any atom is -0.0287 e. The molecular weight excluding hydrogens is 228 g/mol. The summed E-state index contributed by atoms with van der Waals surface area (Å²) in [6.45, 7) is 16.4. The van der Waals surface area contributed by atoms with Gasteiger partial charge in [-0.2, -0.15) is 0 Å². The van der Waals surface area contributed by atoms with E-state index in [-0.39, 0.29) is 7.43 Å². The highest BCUT2D eigenvalue weighted by molar-refractivity contribution is 5.00. The molecule has 0 aromatic rings. The van der Waals surface area contributed by atoms with Crippen LogP contribution in [-0.2, 0) is 0 Å². The van der Waals surface area contributed by atoms with Crippen LogP contribution in [0.15, 0.2) is 0 Å². The van der Waals surface area contributed by atoms with Crippen molar-refractivity contribution in [2.45, 2.75) is 101 Å². The fraction of sp³-hybridized carbons (Fsp3) is 1.00. The minimum Gasteiger partial charge on any atom is -0.0776 e. The van der Waals surface area contributed by atoms with Gasteiger partial charge in [-0.05, 0) is 60.7 Å². The Morgan fingerprint density at radius 2 is 1.37 bits per heavy atom. The first kappa shape index (κ1) is 19.0. The molecule has 0 aliphatic heterocycles. The molecule has 116 valence electrons.